The quantitative estimate of drug-likeness (QED) is 0.882. The topological polar surface area (TPSA) is 29.5 Å². The summed E-state index contributed by atoms with van der Waals surface area (Å²) >= 11 is 0. The first-order valence-electron chi connectivity index (χ1n) is 6.37. The zero-order chi connectivity index (χ0) is 13.5. The molecule has 19 heavy (non-hydrogen) atoms. The van der Waals surface area contributed by atoms with Crippen LogP contribution in [0.1, 0.15) is 18.1 Å². The van der Waals surface area contributed by atoms with Crippen molar-refractivity contribution in [2.24, 2.45) is 0 Å². The molecule has 98 valence electrons. The van der Waals surface area contributed by atoms with Gasteiger partial charge in [-0.05, 0) is 30.2 Å². The summed E-state index contributed by atoms with van der Waals surface area (Å²) in [4.78, 5) is 0. The maximum atomic E-state index is 9.17. The molecule has 2 aromatic rings. The van der Waals surface area contributed by atoms with Crippen LogP contribution < -0.4 is 4.74 Å². The molecule has 0 fully saturated rings. The Kier molecular flexibility index (Phi) is 4.76. The van der Waals surface area contributed by atoms with Crippen molar-refractivity contribution in [2.45, 2.75) is 19.6 Å². The van der Waals surface area contributed by atoms with Gasteiger partial charge < -0.3 is 9.84 Å². The summed E-state index contributed by atoms with van der Waals surface area (Å²) in [5.74, 6) is 0.845. The van der Waals surface area contributed by atoms with Crippen LogP contribution in [-0.4, -0.2) is 11.2 Å². The van der Waals surface area contributed by atoms with Gasteiger partial charge in [0.25, 0.3) is 0 Å². The third kappa shape index (κ3) is 4.60. The minimum Gasteiger partial charge on any atom is -0.489 e. The fourth-order valence-corrected chi connectivity index (χ4v) is 1.67. The zero-order valence-electron chi connectivity index (χ0n) is 11.0. The summed E-state index contributed by atoms with van der Waals surface area (Å²) in [6.45, 7) is 2.30. The van der Waals surface area contributed by atoms with Crippen LogP contribution in [-0.2, 0) is 6.61 Å². The minimum absolute atomic E-state index is 0.422. The number of hydrogen-bond donors (Lipinski definition) is 1. The van der Waals surface area contributed by atoms with E-state index in [1.807, 2.05) is 60.7 Å². The first-order chi connectivity index (χ1) is 9.24. The number of ether oxygens (including phenoxy) is 1. The molecule has 2 nitrogen and oxygen atoms in total. The van der Waals surface area contributed by atoms with E-state index in [-0.39, 0.29) is 0 Å². The summed E-state index contributed by atoms with van der Waals surface area (Å²) < 4.78 is 5.70. The van der Waals surface area contributed by atoms with Crippen LogP contribution in [0, 0.1) is 0 Å². The average Bonchev–Trinajstić information content (AvgIpc) is 2.45. The van der Waals surface area contributed by atoms with Crippen LogP contribution in [0.2, 0.25) is 0 Å². The molecule has 0 radical (unpaired) electrons. The lowest BCUT2D eigenvalue weighted by Gasteiger charge is -2.06. The summed E-state index contributed by atoms with van der Waals surface area (Å²) in [7, 11) is 0. The Balaban J connectivity index is 1.92. The second kappa shape index (κ2) is 6.76. The highest BCUT2D eigenvalue weighted by atomic mass is 16.5. The first-order valence-corrected chi connectivity index (χ1v) is 6.37. The number of aliphatic hydroxyl groups is 1. The second-order valence-corrected chi connectivity index (χ2v) is 4.44. The van der Waals surface area contributed by atoms with Crippen LogP contribution in [0.4, 0.5) is 0 Å². The molecule has 0 aliphatic carbocycles. The van der Waals surface area contributed by atoms with Crippen molar-refractivity contribution in [3.8, 4) is 5.75 Å². The van der Waals surface area contributed by atoms with Crippen LogP contribution in [0.5, 0.6) is 5.75 Å². The van der Waals surface area contributed by atoms with Crippen molar-refractivity contribution in [1.29, 1.82) is 0 Å². The molecule has 0 aliphatic heterocycles. The molecule has 1 atom stereocenters. The van der Waals surface area contributed by atoms with Gasteiger partial charge in [-0.2, -0.15) is 0 Å². The predicted octanol–water partition coefficient (Wildman–Crippen LogP) is 3.66. The fourth-order valence-electron chi connectivity index (χ4n) is 1.67. The van der Waals surface area contributed by atoms with E-state index >= 15 is 0 Å². The van der Waals surface area contributed by atoms with E-state index in [1.165, 1.54) is 0 Å². The SMILES string of the molecule is CC(O)/C=C/c1ccc(OCc2ccccc2)cc1. The Morgan fingerprint density at radius 3 is 2.37 bits per heavy atom. The normalized spacial score (nSPS) is 12.5. The molecule has 0 spiro atoms. The van der Waals surface area contributed by atoms with Crippen LogP contribution in [0.15, 0.2) is 60.7 Å². The molecule has 1 N–H and O–H groups in total. The van der Waals surface area contributed by atoms with Gasteiger partial charge in [0.1, 0.15) is 12.4 Å². The van der Waals surface area contributed by atoms with E-state index in [1.54, 1.807) is 13.0 Å². The van der Waals surface area contributed by atoms with Crippen LogP contribution in [0.3, 0.4) is 0 Å². The fraction of sp³-hybridized carbons (Fsp3) is 0.176. The molecular weight excluding hydrogens is 236 g/mol. The van der Waals surface area contributed by atoms with E-state index in [4.69, 9.17) is 9.84 Å². The van der Waals surface area contributed by atoms with E-state index < -0.39 is 6.10 Å². The van der Waals surface area contributed by atoms with E-state index in [0.29, 0.717) is 6.61 Å². The van der Waals surface area contributed by atoms with Crippen molar-refractivity contribution in [2.75, 3.05) is 0 Å². The molecule has 1 unspecified atom stereocenters. The first kappa shape index (κ1) is 13.4. The Morgan fingerprint density at radius 1 is 1.05 bits per heavy atom. The maximum absolute atomic E-state index is 9.17. The number of hydrogen-bond acceptors (Lipinski definition) is 2. The van der Waals surface area contributed by atoms with Gasteiger partial charge in [0.05, 0.1) is 6.10 Å². The van der Waals surface area contributed by atoms with E-state index in [2.05, 4.69) is 0 Å². The summed E-state index contributed by atoms with van der Waals surface area (Å²) in [6, 6.07) is 17.9. The second-order valence-electron chi connectivity index (χ2n) is 4.44. The molecule has 0 saturated heterocycles. The number of benzene rings is 2. The van der Waals surface area contributed by atoms with Gasteiger partial charge in [-0.1, -0.05) is 54.6 Å². The van der Waals surface area contributed by atoms with Crippen molar-refractivity contribution in [3.05, 3.63) is 71.8 Å². The molecule has 2 heteroatoms. The van der Waals surface area contributed by atoms with E-state index in [0.717, 1.165) is 16.9 Å². The molecule has 0 amide bonds. The Morgan fingerprint density at radius 2 is 1.74 bits per heavy atom. The predicted molar refractivity (Wildman–Crippen MR) is 77.9 cm³/mol. The molecule has 0 aliphatic rings. The number of aliphatic hydroxyl groups excluding tert-OH is 1. The monoisotopic (exact) mass is 254 g/mol. The highest BCUT2D eigenvalue weighted by Crippen LogP contribution is 2.15. The molecule has 2 aromatic carbocycles. The lowest BCUT2D eigenvalue weighted by atomic mass is 10.2. The standard InChI is InChI=1S/C17H18O2/c1-14(18)7-8-15-9-11-17(12-10-15)19-13-16-5-3-2-4-6-16/h2-12,14,18H,13H2,1H3/b8-7+. The highest BCUT2D eigenvalue weighted by molar-refractivity contribution is 5.50. The Bertz CT molecular complexity index is 513. The lowest BCUT2D eigenvalue weighted by molar-refractivity contribution is 0.245. The largest absolute Gasteiger partial charge is 0.489 e. The molecule has 2 rings (SSSR count). The summed E-state index contributed by atoms with van der Waals surface area (Å²) in [6.07, 6.45) is 3.22. The van der Waals surface area contributed by atoms with Crippen molar-refractivity contribution in [3.63, 3.8) is 0 Å². The summed E-state index contributed by atoms with van der Waals surface area (Å²) in [5, 5.41) is 9.17. The maximum Gasteiger partial charge on any atom is 0.119 e. The van der Waals surface area contributed by atoms with Crippen molar-refractivity contribution < 1.29 is 9.84 Å². The van der Waals surface area contributed by atoms with E-state index in [9.17, 15) is 0 Å². The van der Waals surface area contributed by atoms with Crippen molar-refractivity contribution >= 4 is 6.08 Å². The number of rotatable bonds is 5. The molecule has 0 heterocycles. The molecule has 0 aromatic heterocycles. The van der Waals surface area contributed by atoms with Gasteiger partial charge in [-0.25, -0.2) is 0 Å². The third-order valence-corrected chi connectivity index (χ3v) is 2.70. The van der Waals surface area contributed by atoms with Crippen molar-refractivity contribution in [1.82, 2.24) is 0 Å². The van der Waals surface area contributed by atoms with Gasteiger partial charge >= 0.3 is 0 Å². The van der Waals surface area contributed by atoms with Crippen LogP contribution >= 0.6 is 0 Å². The van der Waals surface area contributed by atoms with Crippen LogP contribution in [0.25, 0.3) is 6.08 Å². The molecular formula is C17H18O2. The average molecular weight is 254 g/mol. The lowest BCUT2D eigenvalue weighted by Crippen LogP contribution is -1.94. The zero-order valence-corrected chi connectivity index (χ0v) is 11.0. The van der Waals surface area contributed by atoms with Gasteiger partial charge in [0, 0.05) is 0 Å². The highest BCUT2D eigenvalue weighted by Gasteiger charge is 1.95. The minimum atomic E-state index is -0.422. The smallest absolute Gasteiger partial charge is 0.119 e. The van der Waals surface area contributed by atoms with Gasteiger partial charge in [0.15, 0.2) is 0 Å². The Labute approximate surface area is 114 Å². The Hall–Kier alpha value is -2.06. The van der Waals surface area contributed by atoms with Gasteiger partial charge in [-0.15, -0.1) is 0 Å². The summed E-state index contributed by atoms with van der Waals surface area (Å²) in [5.41, 5.74) is 2.20. The van der Waals surface area contributed by atoms with Gasteiger partial charge in [0.2, 0.25) is 0 Å². The van der Waals surface area contributed by atoms with Gasteiger partial charge in [-0.3, -0.25) is 0 Å². The molecule has 0 saturated carbocycles. The third-order valence-electron chi connectivity index (χ3n) is 2.70. The molecule has 0 bridgehead atoms.